The molecule has 0 radical (unpaired) electrons. The van der Waals surface area contributed by atoms with E-state index in [2.05, 4.69) is 42.2 Å². The molecule has 44 heavy (non-hydrogen) atoms. The van der Waals surface area contributed by atoms with E-state index in [1.807, 2.05) is 24.4 Å². The van der Waals surface area contributed by atoms with E-state index in [-0.39, 0.29) is 12.6 Å². The number of alkyl halides is 3. The summed E-state index contributed by atoms with van der Waals surface area (Å²) in [4.78, 5) is 17.1. The van der Waals surface area contributed by atoms with Crippen molar-refractivity contribution in [2.45, 2.75) is 110 Å². The summed E-state index contributed by atoms with van der Waals surface area (Å²) in [5.74, 6) is -0.371. The predicted octanol–water partition coefficient (Wildman–Crippen LogP) is 10.8. The summed E-state index contributed by atoms with van der Waals surface area (Å²) in [5, 5.41) is 0. The number of carbonyl (C=O) groups excluding carboxylic acids is 1. The SMILES string of the molecule is CCCCCCCCCc1ccc(-c2ccc(-c3ccc(C(=O)OCCCCCCCOC(C)C(F)(F)F)cc3)nc2)cc1. The Morgan fingerprint density at radius 2 is 1.27 bits per heavy atom. The number of rotatable bonds is 20. The highest BCUT2D eigenvalue weighted by molar-refractivity contribution is 5.90. The van der Waals surface area contributed by atoms with Gasteiger partial charge in [-0.2, -0.15) is 13.2 Å². The van der Waals surface area contributed by atoms with Crippen molar-refractivity contribution in [3.8, 4) is 22.4 Å². The van der Waals surface area contributed by atoms with Gasteiger partial charge in [-0.05, 0) is 61.9 Å². The van der Waals surface area contributed by atoms with Crippen molar-refractivity contribution in [3.05, 3.63) is 78.0 Å². The number of halogens is 3. The molecule has 240 valence electrons. The number of hydrogen-bond donors (Lipinski definition) is 0. The lowest BCUT2D eigenvalue weighted by Gasteiger charge is -2.16. The number of pyridine rings is 1. The van der Waals surface area contributed by atoms with Crippen LogP contribution in [0.1, 0.15) is 107 Å². The van der Waals surface area contributed by atoms with E-state index >= 15 is 0 Å². The molecule has 0 aliphatic heterocycles. The van der Waals surface area contributed by atoms with Crippen LogP contribution in [0.25, 0.3) is 22.4 Å². The van der Waals surface area contributed by atoms with E-state index in [0.29, 0.717) is 25.0 Å². The minimum atomic E-state index is -4.31. The molecule has 2 aromatic carbocycles. The van der Waals surface area contributed by atoms with Crippen LogP contribution >= 0.6 is 0 Å². The van der Waals surface area contributed by atoms with Gasteiger partial charge in [-0.3, -0.25) is 4.98 Å². The van der Waals surface area contributed by atoms with Crippen LogP contribution in [0.4, 0.5) is 13.2 Å². The molecule has 0 saturated carbocycles. The summed E-state index contributed by atoms with van der Waals surface area (Å²) in [6.07, 6.45) is 9.99. The molecule has 0 saturated heterocycles. The first-order valence-electron chi connectivity index (χ1n) is 16.3. The molecule has 3 rings (SSSR count). The fourth-order valence-corrected chi connectivity index (χ4v) is 5.00. The monoisotopic (exact) mass is 611 g/mol. The van der Waals surface area contributed by atoms with Crippen molar-refractivity contribution in [2.24, 2.45) is 0 Å². The van der Waals surface area contributed by atoms with Gasteiger partial charge in [0.15, 0.2) is 6.10 Å². The summed E-state index contributed by atoms with van der Waals surface area (Å²) < 4.78 is 47.4. The summed E-state index contributed by atoms with van der Waals surface area (Å²) in [7, 11) is 0. The largest absolute Gasteiger partial charge is 0.462 e. The molecular formula is C37H48F3NO3. The zero-order valence-corrected chi connectivity index (χ0v) is 26.3. The molecule has 0 bridgehead atoms. The highest BCUT2D eigenvalue weighted by atomic mass is 19.4. The number of unbranched alkanes of at least 4 members (excludes halogenated alkanes) is 10. The van der Waals surface area contributed by atoms with Crippen molar-refractivity contribution in [3.63, 3.8) is 0 Å². The van der Waals surface area contributed by atoms with E-state index in [0.717, 1.165) is 55.0 Å². The van der Waals surface area contributed by atoms with Crippen molar-refractivity contribution >= 4 is 5.97 Å². The lowest BCUT2D eigenvalue weighted by Crippen LogP contribution is -2.28. The first-order valence-corrected chi connectivity index (χ1v) is 16.3. The molecular weight excluding hydrogens is 563 g/mol. The molecule has 0 N–H and O–H groups in total. The molecule has 1 aromatic heterocycles. The minimum absolute atomic E-state index is 0.0958. The number of benzene rings is 2. The molecule has 0 aliphatic carbocycles. The Morgan fingerprint density at radius 1 is 0.705 bits per heavy atom. The number of aromatic nitrogens is 1. The second-order valence-corrected chi connectivity index (χ2v) is 11.5. The van der Waals surface area contributed by atoms with E-state index in [9.17, 15) is 18.0 Å². The number of carbonyl (C=O) groups is 1. The Balaban J connectivity index is 1.34. The highest BCUT2D eigenvalue weighted by Crippen LogP contribution is 2.25. The van der Waals surface area contributed by atoms with E-state index < -0.39 is 12.3 Å². The van der Waals surface area contributed by atoms with Gasteiger partial charge >= 0.3 is 12.1 Å². The Morgan fingerprint density at radius 3 is 1.89 bits per heavy atom. The van der Waals surface area contributed by atoms with E-state index in [4.69, 9.17) is 9.47 Å². The molecule has 1 atom stereocenters. The zero-order chi connectivity index (χ0) is 31.6. The van der Waals surface area contributed by atoms with E-state index in [1.165, 1.54) is 50.5 Å². The van der Waals surface area contributed by atoms with Gasteiger partial charge in [0.25, 0.3) is 0 Å². The smallest absolute Gasteiger partial charge is 0.414 e. The van der Waals surface area contributed by atoms with Crippen molar-refractivity contribution in [1.29, 1.82) is 0 Å². The lowest BCUT2D eigenvalue weighted by molar-refractivity contribution is -0.214. The third-order valence-electron chi connectivity index (χ3n) is 7.89. The first-order chi connectivity index (χ1) is 21.3. The van der Waals surface area contributed by atoms with Gasteiger partial charge in [0, 0.05) is 23.9 Å². The van der Waals surface area contributed by atoms with Gasteiger partial charge < -0.3 is 9.47 Å². The maximum absolute atomic E-state index is 12.4. The average Bonchev–Trinajstić information content (AvgIpc) is 3.03. The third kappa shape index (κ3) is 12.8. The minimum Gasteiger partial charge on any atom is -0.462 e. The molecule has 1 unspecified atom stereocenters. The highest BCUT2D eigenvalue weighted by Gasteiger charge is 2.36. The van der Waals surface area contributed by atoms with E-state index in [1.54, 1.807) is 12.1 Å². The Labute approximate surface area is 261 Å². The van der Waals surface area contributed by atoms with Crippen LogP contribution in [0.5, 0.6) is 0 Å². The summed E-state index contributed by atoms with van der Waals surface area (Å²) in [6, 6.07) is 20.1. The van der Waals surface area contributed by atoms with Crippen LogP contribution in [0.15, 0.2) is 66.9 Å². The fourth-order valence-electron chi connectivity index (χ4n) is 5.00. The van der Waals surface area contributed by atoms with Crippen LogP contribution in [-0.4, -0.2) is 36.4 Å². The second kappa shape index (κ2) is 19.3. The topological polar surface area (TPSA) is 48.4 Å². The van der Waals surface area contributed by atoms with Crippen LogP contribution in [0.2, 0.25) is 0 Å². The Kier molecular flexibility index (Phi) is 15.4. The first kappa shape index (κ1) is 35.3. The number of ether oxygens (including phenoxy) is 2. The number of aryl methyl sites for hydroxylation is 1. The maximum Gasteiger partial charge on any atom is 0.414 e. The molecule has 0 aliphatic rings. The van der Waals surface area contributed by atoms with Crippen LogP contribution in [-0.2, 0) is 15.9 Å². The molecule has 0 amide bonds. The van der Waals surface area contributed by atoms with Gasteiger partial charge in [0.2, 0.25) is 0 Å². The average molecular weight is 612 g/mol. The number of nitrogens with zero attached hydrogens (tertiary/aromatic N) is 1. The second-order valence-electron chi connectivity index (χ2n) is 11.5. The zero-order valence-electron chi connectivity index (χ0n) is 26.3. The Hall–Kier alpha value is -3.19. The van der Waals surface area contributed by atoms with Crippen LogP contribution in [0.3, 0.4) is 0 Å². The molecule has 7 heteroatoms. The van der Waals surface area contributed by atoms with Gasteiger partial charge in [-0.15, -0.1) is 0 Å². The molecule has 3 aromatic rings. The van der Waals surface area contributed by atoms with Crippen LogP contribution < -0.4 is 0 Å². The van der Waals surface area contributed by atoms with Gasteiger partial charge in [-0.1, -0.05) is 107 Å². The van der Waals surface area contributed by atoms with Gasteiger partial charge in [-0.25, -0.2) is 4.79 Å². The summed E-state index contributed by atoms with van der Waals surface area (Å²) in [6.45, 7) is 3.68. The Bertz CT molecular complexity index is 1210. The normalized spacial score (nSPS) is 12.3. The predicted molar refractivity (Wildman–Crippen MR) is 172 cm³/mol. The number of hydrogen-bond acceptors (Lipinski definition) is 4. The van der Waals surface area contributed by atoms with Gasteiger partial charge in [0.05, 0.1) is 17.9 Å². The molecule has 1 heterocycles. The maximum atomic E-state index is 12.4. The van der Waals surface area contributed by atoms with Crippen LogP contribution in [0, 0.1) is 0 Å². The molecule has 0 spiro atoms. The van der Waals surface area contributed by atoms with Crippen molar-refractivity contribution in [2.75, 3.05) is 13.2 Å². The standard InChI is InChI=1S/C37H48F3NO3/c1-3-4-5-6-7-9-12-15-30-16-18-31(19-17-30)34-24-25-35(41-28-34)32-20-22-33(23-21-32)36(42)44-27-14-11-8-10-13-26-43-29(2)37(38,39)40/h16-25,28-29H,3-15,26-27H2,1-2H3. The van der Waals surface area contributed by atoms with Crippen molar-refractivity contribution in [1.82, 2.24) is 4.98 Å². The fraction of sp³-hybridized carbons (Fsp3) is 0.514. The summed E-state index contributed by atoms with van der Waals surface area (Å²) >= 11 is 0. The van der Waals surface area contributed by atoms with Gasteiger partial charge in [0.1, 0.15) is 0 Å². The number of esters is 1. The van der Waals surface area contributed by atoms with Crippen molar-refractivity contribution < 1.29 is 27.4 Å². The lowest BCUT2D eigenvalue weighted by atomic mass is 10.0. The molecule has 0 fully saturated rings. The third-order valence-corrected chi connectivity index (χ3v) is 7.89. The molecule has 4 nitrogen and oxygen atoms in total. The quantitative estimate of drug-likeness (QED) is 0.0942. The summed E-state index contributed by atoms with van der Waals surface area (Å²) in [5.41, 5.74) is 5.84.